The SMILES string of the molecule is COCC(C)N(C)c1cccc(SC)c1/C(N)=N/O. The lowest BCUT2D eigenvalue weighted by molar-refractivity contribution is 0.183. The van der Waals surface area contributed by atoms with Crippen LogP contribution in [0.5, 0.6) is 0 Å². The van der Waals surface area contributed by atoms with Crippen LogP contribution < -0.4 is 10.6 Å². The van der Waals surface area contributed by atoms with Crippen molar-refractivity contribution in [2.24, 2.45) is 10.9 Å². The lowest BCUT2D eigenvalue weighted by atomic mass is 10.1. The van der Waals surface area contributed by atoms with E-state index in [1.54, 1.807) is 18.9 Å². The number of ether oxygens (including phenoxy) is 1. The molecule has 5 nitrogen and oxygen atoms in total. The van der Waals surface area contributed by atoms with E-state index in [0.717, 1.165) is 16.1 Å². The molecule has 0 radical (unpaired) electrons. The molecule has 1 unspecified atom stereocenters. The molecule has 0 saturated carbocycles. The molecule has 0 saturated heterocycles. The summed E-state index contributed by atoms with van der Waals surface area (Å²) in [6.07, 6.45) is 1.96. The van der Waals surface area contributed by atoms with Crippen LogP contribution in [0.15, 0.2) is 28.3 Å². The van der Waals surface area contributed by atoms with Gasteiger partial charge in [-0.15, -0.1) is 11.8 Å². The van der Waals surface area contributed by atoms with Crippen molar-refractivity contribution in [3.8, 4) is 0 Å². The summed E-state index contributed by atoms with van der Waals surface area (Å²) in [5, 5.41) is 12.1. The molecule has 1 rings (SSSR count). The third-order valence-electron chi connectivity index (χ3n) is 3.04. The van der Waals surface area contributed by atoms with Crippen LogP contribution in [-0.2, 0) is 4.74 Å². The van der Waals surface area contributed by atoms with Gasteiger partial charge in [-0.3, -0.25) is 0 Å². The van der Waals surface area contributed by atoms with E-state index in [-0.39, 0.29) is 11.9 Å². The van der Waals surface area contributed by atoms with Crippen LogP contribution in [0.25, 0.3) is 0 Å². The Hall–Kier alpha value is -1.40. The highest BCUT2D eigenvalue weighted by Gasteiger charge is 2.18. The molecular weight excluding hydrogens is 262 g/mol. The first kappa shape index (κ1) is 15.7. The van der Waals surface area contributed by atoms with Crippen molar-refractivity contribution < 1.29 is 9.94 Å². The van der Waals surface area contributed by atoms with Gasteiger partial charge in [-0.25, -0.2) is 0 Å². The Bertz CT molecular complexity index is 452. The van der Waals surface area contributed by atoms with Crippen LogP contribution in [0.3, 0.4) is 0 Å². The maximum atomic E-state index is 8.97. The monoisotopic (exact) mass is 283 g/mol. The molecule has 1 atom stereocenters. The highest BCUT2D eigenvalue weighted by Crippen LogP contribution is 2.30. The fraction of sp³-hybridized carbons (Fsp3) is 0.462. The number of likely N-dealkylation sites (N-methyl/N-ethyl adjacent to an activating group) is 1. The van der Waals surface area contributed by atoms with Crippen LogP contribution in [0, 0.1) is 0 Å². The summed E-state index contributed by atoms with van der Waals surface area (Å²) in [6.45, 7) is 2.67. The van der Waals surface area contributed by atoms with E-state index in [4.69, 9.17) is 15.7 Å². The molecule has 1 aromatic carbocycles. The number of thioether (sulfide) groups is 1. The molecule has 19 heavy (non-hydrogen) atoms. The van der Waals surface area contributed by atoms with Crippen molar-refractivity contribution in [1.82, 2.24) is 0 Å². The lowest BCUT2D eigenvalue weighted by Crippen LogP contribution is -2.34. The Balaban J connectivity index is 3.26. The lowest BCUT2D eigenvalue weighted by Gasteiger charge is -2.29. The van der Waals surface area contributed by atoms with Gasteiger partial charge in [0, 0.05) is 30.8 Å². The summed E-state index contributed by atoms with van der Waals surface area (Å²) in [6, 6.07) is 6.06. The largest absolute Gasteiger partial charge is 0.409 e. The first-order valence-electron chi connectivity index (χ1n) is 5.93. The van der Waals surface area contributed by atoms with Crippen LogP contribution in [-0.4, -0.2) is 44.1 Å². The predicted octanol–water partition coefficient (Wildman–Crippen LogP) is 1.97. The van der Waals surface area contributed by atoms with Crippen molar-refractivity contribution in [1.29, 1.82) is 0 Å². The Morgan fingerprint density at radius 3 is 2.79 bits per heavy atom. The summed E-state index contributed by atoms with van der Waals surface area (Å²) in [5.74, 6) is 0.122. The zero-order chi connectivity index (χ0) is 14.4. The molecular formula is C13H21N3O2S. The smallest absolute Gasteiger partial charge is 0.173 e. The second-order valence-corrected chi connectivity index (χ2v) is 5.10. The molecule has 0 bridgehead atoms. The molecule has 0 aliphatic rings. The molecule has 106 valence electrons. The Labute approximate surface area is 118 Å². The van der Waals surface area contributed by atoms with Crippen LogP contribution in [0.2, 0.25) is 0 Å². The summed E-state index contributed by atoms with van der Waals surface area (Å²) in [7, 11) is 3.64. The second kappa shape index (κ2) is 7.25. The quantitative estimate of drug-likeness (QED) is 0.275. The molecule has 1 aromatic rings. The van der Waals surface area contributed by atoms with Gasteiger partial charge in [0.25, 0.3) is 0 Å². The predicted molar refractivity (Wildman–Crippen MR) is 80.5 cm³/mol. The van der Waals surface area contributed by atoms with Gasteiger partial charge in [0.2, 0.25) is 0 Å². The van der Waals surface area contributed by atoms with Crippen LogP contribution >= 0.6 is 11.8 Å². The van der Waals surface area contributed by atoms with Gasteiger partial charge >= 0.3 is 0 Å². The van der Waals surface area contributed by atoms with Gasteiger partial charge < -0.3 is 20.6 Å². The minimum absolute atomic E-state index is 0.122. The first-order chi connectivity index (χ1) is 9.06. The molecule has 0 spiro atoms. The van der Waals surface area contributed by atoms with E-state index in [2.05, 4.69) is 17.0 Å². The first-order valence-corrected chi connectivity index (χ1v) is 7.15. The number of hydrogen-bond acceptors (Lipinski definition) is 5. The molecule has 3 N–H and O–H groups in total. The third kappa shape index (κ3) is 3.54. The highest BCUT2D eigenvalue weighted by atomic mass is 32.2. The Morgan fingerprint density at radius 1 is 1.58 bits per heavy atom. The number of amidine groups is 1. The maximum Gasteiger partial charge on any atom is 0.173 e. The normalized spacial score (nSPS) is 13.4. The number of hydrogen-bond donors (Lipinski definition) is 2. The van der Waals surface area contributed by atoms with Crippen molar-refractivity contribution in [3.63, 3.8) is 0 Å². The number of benzene rings is 1. The average molecular weight is 283 g/mol. The van der Waals surface area contributed by atoms with E-state index < -0.39 is 0 Å². The fourth-order valence-electron chi connectivity index (χ4n) is 1.88. The number of rotatable bonds is 6. The van der Waals surface area contributed by atoms with Gasteiger partial charge in [0.15, 0.2) is 5.84 Å². The van der Waals surface area contributed by atoms with Gasteiger partial charge in [0.05, 0.1) is 12.2 Å². The minimum atomic E-state index is 0.122. The Kier molecular flexibility index (Phi) is 5.98. The van der Waals surface area contributed by atoms with E-state index in [0.29, 0.717) is 6.61 Å². The zero-order valence-corrected chi connectivity index (χ0v) is 12.6. The Morgan fingerprint density at radius 2 is 2.26 bits per heavy atom. The zero-order valence-electron chi connectivity index (χ0n) is 11.8. The van der Waals surface area contributed by atoms with Crippen molar-refractivity contribution in [2.45, 2.75) is 17.9 Å². The molecule has 0 aliphatic carbocycles. The van der Waals surface area contributed by atoms with E-state index in [1.807, 2.05) is 31.5 Å². The van der Waals surface area contributed by atoms with Crippen LogP contribution in [0.1, 0.15) is 12.5 Å². The van der Waals surface area contributed by atoms with Crippen molar-refractivity contribution in [2.75, 3.05) is 31.9 Å². The third-order valence-corrected chi connectivity index (χ3v) is 3.82. The van der Waals surface area contributed by atoms with Crippen molar-refractivity contribution in [3.05, 3.63) is 23.8 Å². The van der Waals surface area contributed by atoms with Crippen molar-refractivity contribution >= 4 is 23.3 Å². The number of nitrogens with zero attached hydrogens (tertiary/aromatic N) is 2. The maximum absolute atomic E-state index is 8.97. The number of anilines is 1. The molecule has 0 fully saturated rings. The molecule has 0 heterocycles. The van der Waals surface area contributed by atoms with E-state index >= 15 is 0 Å². The summed E-state index contributed by atoms with van der Waals surface area (Å²) in [4.78, 5) is 3.04. The number of methoxy groups -OCH3 is 1. The molecule has 0 amide bonds. The molecule has 0 aliphatic heterocycles. The highest BCUT2D eigenvalue weighted by molar-refractivity contribution is 7.98. The number of nitrogens with two attached hydrogens (primary N) is 1. The topological polar surface area (TPSA) is 71.1 Å². The van der Waals surface area contributed by atoms with Gasteiger partial charge in [-0.2, -0.15) is 0 Å². The summed E-state index contributed by atoms with van der Waals surface area (Å²) >= 11 is 1.57. The number of oxime groups is 1. The summed E-state index contributed by atoms with van der Waals surface area (Å²) in [5.41, 5.74) is 7.49. The molecule has 6 heteroatoms. The second-order valence-electron chi connectivity index (χ2n) is 4.25. The minimum Gasteiger partial charge on any atom is -0.409 e. The van der Waals surface area contributed by atoms with E-state index in [9.17, 15) is 0 Å². The van der Waals surface area contributed by atoms with Gasteiger partial charge in [-0.05, 0) is 25.3 Å². The van der Waals surface area contributed by atoms with Gasteiger partial charge in [0.1, 0.15) is 0 Å². The summed E-state index contributed by atoms with van der Waals surface area (Å²) < 4.78 is 5.17. The van der Waals surface area contributed by atoms with E-state index in [1.165, 1.54) is 0 Å². The van der Waals surface area contributed by atoms with Gasteiger partial charge in [-0.1, -0.05) is 11.2 Å². The molecule has 0 aromatic heterocycles. The standard InChI is InChI=1S/C13H21N3O2S/c1-9(8-18-3)16(2)10-6-5-7-11(19-4)12(10)13(14)15-17/h5-7,9,17H,8H2,1-4H3,(H2,14,15). The van der Waals surface area contributed by atoms with Crippen LogP contribution in [0.4, 0.5) is 5.69 Å². The average Bonchev–Trinajstić information content (AvgIpc) is 2.44. The fourth-order valence-corrected chi connectivity index (χ4v) is 2.51.